The average molecular weight is 270 g/mol. The van der Waals surface area contributed by atoms with Crippen LogP contribution in [-0.2, 0) is 0 Å². The maximum atomic E-state index is 11.8. The molecule has 0 aliphatic carbocycles. The Labute approximate surface area is 113 Å². The number of thiophene rings is 1. The van der Waals surface area contributed by atoms with Gasteiger partial charge in [-0.15, -0.1) is 16.4 Å². The smallest absolute Gasteiger partial charge is 0.268 e. The van der Waals surface area contributed by atoms with Crippen LogP contribution in [0.2, 0.25) is 0 Å². The van der Waals surface area contributed by atoms with Gasteiger partial charge >= 0.3 is 0 Å². The third kappa shape index (κ3) is 2.53. The third-order valence-corrected chi connectivity index (χ3v) is 3.37. The molecule has 2 aromatic heterocycles. The fraction of sp³-hybridized carbons (Fsp3) is 0. The Morgan fingerprint density at radius 2 is 2.00 bits per heavy atom. The fourth-order valence-corrected chi connectivity index (χ4v) is 2.23. The number of hydrogen-bond acceptors (Lipinski definition) is 4. The number of carbonyl (C=O) groups excluding carboxylic acids is 1. The van der Waals surface area contributed by atoms with Gasteiger partial charge in [0.15, 0.2) is 5.82 Å². The number of H-pyrrole nitrogens is 1. The second kappa shape index (κ2) is 5.03. The van der Waals surface area contributed by atoms with Crippen molar-refractivity contribution in [3.8, 4) is 11.4 Å². The number of benzene rings is 1. The van der Waals surface area contributed by atoms with Crippen molar-refractivity contribution >= 4 is 23.2 Å². The molecule has 5 nitrogen and oxygen atoms in total. The summed E-state index contributed by atoms with van der Waals surface area (Å²) in [5, 5.41) is 11.3. The quantitative estimate of drug-likeness (QED) is 0.768. The van der Waals surface area contributed by atoms with Crippen molar-refractivity contribution in [3.63, 3.8) is 0 Å². The monoisotopic (exact) mass is 270 g/mol. The molecule has 0 unspecified atom stereocenters. The number of amides is 1. The van der Waals surface area contributed by atoms with E-state index < -0.39 is 0 Å². The normalized spacial score (nSPS) is 10.3. The summed E-state index contributed by atoms with van der Waals surface area (Å²) in [5.74, 6) is 0.702. The molecule has 0 aliphatic heterocycles. The molecular formula is C13H10N4OS. The van der Waals surface area contributed by atoms with Crippen LogP contribution in [0.1, 0.15) is 9.67 Å². The Bertz CT molecular complexity index is 676. The van der Waals surface area contributed by atoms with Crippen LogP contribution >= 0.6 is 11.3 Å². The van der Waals surface area contributed by atoms with Crippen molar-refractivity contribution < 1.29 is 4.79 Å². The van der Waals surface area contributed by atoms with E-state index in [9.17, 15) is 4.79 Å². The topological polar surface area (TPSA) is 70.7 Å². The highest BCUT2D eigenvalue weighted by Gasteiger charge is 2.10. The third-order valence-electron chi connectivity index (χ3n) is 2.50. The molecule has 3 aromatic rings. The van der Waals surface area contributed by atoms with Crippen molar-refractivity contribution in [1.29, 1.82) is 0 Å². The molecule has 0 radical (unpaired) electrons. The van der Waals surface area contributed by atoms with Crippen LogP contribution in [0.4, 0.5) is 5.95 Å². The molecular weight excluding hydrogens is 260 g/mol. The van der Waals surface area contributed by atoms with Gasteiger partial charge in [0, 0.05) is 5.56 Å². The Kier molecular flexibility index (Phi) is 3.07. The SMILES string of the molecule is O=C(Nc1n[nH]c(-c2ccccc2)n1)c1cccs1. The van der Waals surface area contributed by atoms with Gasteiger partial charge in [0.25, 0.3) is 5.91 Å². The number of aromatic amines is 1. The first-order valence-electron chi connectivity index (χ1n) is 5.65. The van der Waals surface area contributed by atoms with Crippen LogP contribution in [0.5, 0.6) is 0 Å². The highest BCUT2D eigenvalue weighted by atomic mass is 32.1. The highest BCUT2D eigenvalue weighted by Crippen LogP contribution is 2.16. The minimum Gasteiger partial charge on any atom is -0.288 e. The molecule has 0 atom stereocenters. The largest absolute Gasteiger partial charge is 0.288 e. The maximum absolute atomic E-state index is 11.8. The van der Waals surface area contributed by atoms with Crippen LogP contribution < -0.4 is 5.32 Å². The predicted molar refractivity (Wildman–Crippen MR) is 74.1 cm³/mol. The molecule has 0 aliphatic rings. The summed E-state index contributed by atoms with van der Waals surface area (Å²) in [5.41, 5.74) is 0.923. The van der Waals surface area contributed by atoms with Gasteiger partial charge in [-0.3, -0.25) is 15.2 Å². The summed E-state index contributed by atoms with van der Waals surface area (Å²) in [6.07, 6.45) is 0. The number of nitrogens with one attached hydrogen (secondary N) is 2. The number of carbonyl (C=O) groups is 1. The lowest BCUT2D eigenvalue weighted by Gasteiger charge is -1.96. The van der Waals surface area contributed by atoms with Crippen molar-refractivity contribution in [2.24, 2.45) is 0 Å². The summed E-state index contributed by atoms with van der Waals surface area (Å²) in [4.78, 5) is 16.7. The van der Waals surface area contributed by atoms with E-state index in [1.807, 2.05) is 41.8 Å². The van der Waals surface area contributed by atoms with Gasteiger partial charge in [0.1, 0.15) is 0 Å². The van der Waals surface area contributed by atoms with E-state index in [0.29, 0.717) is 10.7 Å². The Morgan fingerprint density at radius 1 is 1.16 bits per heavy atom. The minimum atomic E-state index is -0.200. The number of hydrogen-bond donors (Lipinski definition) is 2. The second-order valence-electron chi connectivity index (χ2n) is 3.81. The molecule has 0 fully saturated rings. The molecule has 2 heterocycles. The van der Waals surface area contributed by atoms with Gasteiger partial charge < -0.3 is 0 Å². The lowest BCUT2D eigenvalue weighted by Crippen LogP contribution is -2.11. The van der Waals surface area contributed by atoms with Gasteiger partial charge in [0.2, 0.25) is 5.95 Å². The molecule has 2 N–H and O–H groups in total. The highest BCUT2D eigenvalue weighted by molar-refractivity contribution is 7.12. The van der Waals surface area contributed by atoms with Crippen molar-refractivity contribution in [3.05, 3.63) is 52.7 Å². The lowest BCUT2D eigenvalue weighted by atomic mass is 10.2. The molecule has 6 heteroatoms. The molecule has 0 spiro atoms. The molecule has 19 heavy (non-hydrogen) atoms. The van der Waals surface area contributed by atoms with E-state index in [0.717, 1.165) is 5.56 Å². The summed E-state index contributed by atoms with van der Waals surface area (Å²) in [6.45, 7) is 0. The van der Waals surface area contributed by atoms with E-state index >= 15 is 0 Å². The number of aromatic nitrogens is 3. The van der Waals surface area contributed by atoms with E-state index in [1.54, 1.807) is 6.07 Å². The molecule has 1 aromatic carbocycles. The van der Waals surface area contributed by atoms with Gasteiger partial charge in [-0.05, 0) is 11.4 Å². The molecule has 94 valence electrons. The van der Waals surface area contributed by atoms with Crippen LogP contribution in [-0.4, -0.2) is 21.1 Å². The lowest BCUT2D eigenvalue weighted by molar-refractivity contribution is 0.102. The molecule has 0 saturated heterocycles. The Balaban J connectivity index is 1.77. The number of nitrogens with zero attached hydrogens (tertiary/aromatic N) is 2. The zero-order chi connectivity index (χ0) is 13.1. The van der Waals surface area contributed by atoms with Crippen LogP contribution in [0.3, 0.4) is 0 Å². The summed E-state index contributed by atoms with van der Waals surface area (Å²) < 4.78 is 0. The van der Waals surface area contributed by atoms with Crippen LogP contribution in [0, 0.1) is 0 Å². The zero-order valence-corrected chi connectivity index (χ0v) is 10.6. The van der Waals surface area contributed by atoms with Crippen molar-refractivity contribution in [2.75, 3.05) is 5.32 Å². The standard InChI is InChI=1S/C13H10N4OS/c18-12(10-7-4-8-19-10)15-13-14-11(16-17-13)9-5-2-1-3-6-9/h1-8H,(H2,14,15,16,17,18). The molecule has 1 amide bonds. The summed E-state index contributed by atoms with van der Waals surface area (Å²) in [6, 6.07) is 13.2. The van der Waals surface area contributed by atoms with Gasteiger partial charge in [-0.1, -0.05) is 36.4 Å². The van der Waals surface area contributed by atoms with Gasteiger partial charge in [-0.25, -0.2) is 0 Å². The number of rotatable bonds is 3. The van der Waals surface area contributed by atoms with Crippen LogP contribution in [0.25, 0.3) is 11.4 Å². The van der Waals surface area contributed by atoms with Crippen molar-refractivity contribution in [1.82, 2.24) is 15.2 Å². The molecule has 0 bridgehead atoms. The van der Waals surface area contributed by atoms with Crippen molar-refractivity contribution in [2.45, 2.75) is 0 Å². The summed E-state index contributed by atoms with van der Waals surface area (Å²) >= 11 is 1.38. The first-order chi connectivity index (χ1) is 9.33. The van der Waals surface area contributed by atoms with E-state index in [4.69, 9.17) is 0 Å². The second-order valence-corrected chi connectivity index (χ2v) is 4.75. The van der Waals surface area contributed by atoms with Gasteiger partial charge in [-0.2, -0.15) is 4.98 Å². The molecule has 0 saturated carbocycles. The van der Waals surface area contributed by atoms with E-state index in [-0.39, 0.29) is 11.9 Å². The minimum absolute atomic E-state index is 0.200. The zero-order valence-electron chi connectivity index (χ0n) is 9.83. The Morgan fingerprint density at radius 3 is 2.74 bits per heavy atom. The first-order valence-corrected chi connectivity index (χ1v) is 6.53. The number of anilines is 1. The average Bonchev–Trinajstić information content (AvgIpc) is 3.11. The van der Waals surface area contributed by atoms with E-state index in [1.165, 1.54) is 11.3 Å². The molecule has 3 rings (SSSR count). The Hall–Kier alpha value is -2.47. The first kappa shape index (κ1) is 11.6. The van der Waals surface area contributed by atoms with Crippen LogP contribution in [0.15, 0.2) is 47.8 Å². The maximum Gasteiger partial charge on any atom is 0.268 e. The van der Waals surface area contributed by atoms with E-state index in [2.05, 4.69) is 20.5 Å². The summed E-state index contributed by atoms with van der Waals surface area (Å²) in [7, 11) is 0. The fourth-order valence-electron chi connectivity index (χ4n) is 1.61. The predicted octanol–water partition coefficient (Wildman–Crippen LogP) is 2.79. The van der Waals surface area contributed by atoms with Gasteiger partial charge in [0.05, 0.1) is 4.88 Å².